The lowest BCUT2D eigenvalue weighted by Gasteiger charge is -2.17. The van der Waals surface area contributed by atoms with Crippen LogP contribution >= 0.6 is 0 Å². The molecule has 3 rings (SSSR count). The maximum absolute atomic E-state index is 12.3. The first kappa shape index (κ1) is 13.7. The van der Waals surface area contributed by atoms with E-state index in [1.165, 1.54) is 31.7 Å². The molecule has 0 radical (unpaired) electrons. The summed E-state index contributed by atoms with van der Waals surface area (Å²) >= 11 is 0. The zero-order chi connectivity index (χ0) is 14.2. The number of nitrogens with one attached hydrogen (secondary N) is 1. The lowest BCUT2D eigenvalue weighted by atomic mass is 10.0. The normalized spacial score (nSPS) is 20.8. The molecule has 0 aromatic heterocycles. The molecule has 110 valence electrons. The van der Waals surface area contributed by atoms with Crippen LogP contribution in [-0.4, -0.2) is 12.9 Å². The van der Waals surface area contributed by atoms with Gasteiger partial charge in [-0.2, -0.15) is 0 Å². The average Bonchev–Trinajstić information content (AvgIpc) is 3.24. The summed E-state index contributed by atoms with van der Waals surface area (Å²) in [5.74, 6) is 0.737. The number of halogens is 3. The quantitative estimate of drug-likeness (QED) is 0.857. The van der Waals surface area contributed by atoms with Crippen molar-refractivity contribution in [1.29, 1.82) is 0 Å². The van der Waals surface area contributed by atoms with E-state index in [-0.39, 0.29) is 5.75 Å². The fourth-order valence-electron chi connectivity index (χ4n) is 2.91. The van der Waals surface area contributed by atoms with E-state index in [1.54, 1.807) is 18.2 Å². The van der Waals surface area contributed by atoms with Crippen LogP contribution < -0.4 is 10.1 Å². The van der Waals surface area contributed by atoms with Crippen molar-refractivity contribution >= 4 is 0 Å². The number of hydrogen-bond acceptors (Lipinski definition) is 2. The number of para-hydroxylation sites is 1. The van der Waals surface area contributed by atoms with Crippen LogP contribution in [0.1, 0.15) is 31.2 Å². The predicted octanol–water partition coefficient (Wildman–Crippen LogP) is 3.87. The van der Waals surface area contributed by atoms with Crippen LogP contribution in [0, 0.1) is 11.3 Å². The van der Waals surface area contributed by atoms with E-state index in [0.717, 1.165) is 12.5 Å². The lowest BCUT2D eigenvalue weighted by molar-refractivity contribution is -0.274. The molecule has 0 saturated heterocycles. The topological polar surface area (TPSA) is 21.3 Å². The Kier molecular flexibility index (Phi) is 3.40. The second kappa shape index (κ2) is 4.95. The van der Waals surface area contributed by atoms with E-state index in [1.807, 2.05) is 0 Å². The van der Waals surface area contributed by atoms with E-state index in [9.17, 15) is 13.2 Å². The Morgan fingerprint density at radius 3 is 2.50 bits per heavy atom. The van der Waals surface area contributed by atoms with E-state index < -0.39 is 6.36 Å². The van der Waals surface area contributed by atoms with Crippen LogP contribution in [-0.2, 0) is 6.54 Å². The van der Waals surface area contributed by atoms with E-state index in [0.29, 0.717) is 17.5 Å². The minimum absolute atomic E-state index is 0.108. The molecule has 1 N–H and O–H groups in total. The summed E-state index contributed by atoms with van der Waals surface area (Å²) in [5, 5.41) is 3.30. The molecule has 0 spiro atoms. The van der Waals surface area contributed by atoms with Gasteiger partial charge in [0.05, 0.1) is 0 Å². The summed E-state index contributed by atoms with van der Waals surface area (Å²) in [6.07, 6.45) is 0.503. The Morgan fingerprint density at radius 2 is 1.90 bits per heavy atom. The van der Waals surface area contributed by atoms with Crippen molar-refractivity contribution in [2.24, 2.45) is 11.3 Å². The van der Waals surface area contributed by atoms with Gasteiger partial charge in [-0.15, -0.1) is 13.2 Å². The molecule has 2 aliphatic rings. The number of hydrogen-bond donors (Lipinski definition) is 1. The molecule has 0 unspecified atom stereocenters. The van der Waals surface area contributed by atoms with Crippen molar-refractivity contribution in [2.75, 3.05) is 6.54 Å². The van der Waals surface area contributed by atoms with E-state index in [2.05, 4.69) is 10.1 Å². The summed E-state index contributed by atoms with van der Waals surface area (Å²) in [6, 6.07) is 6.31. The summed E-state index contributed by atoms with van der Waals surface area (Å²) in [6.45, 7) is 1.32. The van der Waals surface area contributed by atoms with Crippen LogP contribution in [0.25, 0.3) is 0 Å². The van der Waals surface area contributed by atoms with Crippen LogP contribution in [0.3, 0.4) is 0 Å². The van der Waals surface area contributed by atoms with Crippen molar-refractivity contribution < 1.29 is 17.9 Å². The number of benzene rings is 1. The van der Waals surface area contributed by atoms with Crippen molar-refractivity contribution in [3.8, 4) is 5.75 Å². The van der Waals surface area contributed by atoms with Crippen molar-refractivity contribution in [3.05, 3.63) is 29.8 Å². The monoisotopic (exact) mass is 285 g/mol. The van der Waals surface area contributed by atoms with E-state index in [4.69, 9.17) is 0 Å². The SMILES string of the molecule is FC(F)(F)Oc1ccccc1CNCC1(C2CC2)CC1. The minimum Gasteiger partial charge on any atom is -0.405 e. The average molecular weight is 285 g/mol. The Bertz CT molecular complexity index is 478. The standard InChI is InChI=1S/C15H18F3NO/c16-15(17,18)20-13-4-2-1-3-11(13)9-19-10-14(7-8-14)12-5-6-12/h1-4,12,19H,5-10H2. The molecule has 0 heterocycles. The molecular formula is C15H18F3NO. The van der Waals surface area contributed by atoms with Gasteiger partial charge in [0.2, 0.25) is 0 Å². The van der Waals surface area contributed by atoms with Gasteiger partial charge in [0.1, 0.15) is 5.75 Å². The first-order valence-electron chi connectivity index (χ1n) is 7.03. The maximum atomic E-state index is 12.3. The van der Waals surface area contributed by atoms with Gasteiger partial charge in [0, 0.05) is 18.7 Å². The van der Waals surface area contributed by atoms with Crippen molar-refractivity contribution in [1.82, 2.24) is 5.32 Å². The predicted molar refractivity (Wildman–Crippen MR) is 69.2 cm³/mol. The second-order valence-corrected chi connectivity index (χ2v) is 5.90. The van der Waals surface area contributed by atoms with Gasteiger partial charge in [0.15, 0.2) is 0 Å². The smallest absolute Gasteiger partial charge is 0.405 e. The molecule has 0 amide bonds. The summed E-state index contributed by atoms with van der Waals surface area (Å²) < 4.78 is 41.0. The molecule has 2 fully saturated rings. The Morgan fingerprint density at radius 1 is 1.20 bits per heavy atom. The van der Waals surface area contributed by atoms with Crippen molar-refractivity contribution in [2.45, 2.75) is 38.6 Å². The van der Waals surface area contributed by atoms with Crippen LogP contribution in [0.2, 0.25) is 0 Å². The van der Waals surface area contributed by atoms with Crippen LogP contribution in [0.4, 0.5) is 13.2 Å². The largest absolute Gasteiger partial charge is 0.573 e. The third-order valence-corrected chi connectivity index (χ3v) is 4.33. The highest BCUT2D eigenvalue weighted by Gasteiger charge is 2.53. The molecule has 1 aromatic carbocycles. The van der Waals surface area contributed by atoms with Gasteiger partial charge in [-0.25, -0.2) is 0 Å². The summed E-state index contributed by atoms with van der Waals surface area (Å²) in [7, 11) is 0. The van der Waals surface area contributed by atoms with Crippen LogP contribution in [0.15, 0.2) is 24.3 Å². The van der Waals surface area contributed by atoms with Gasteiger partial charge in [-0.05, 0) is 43.1 Å². The summed E-state index contributed by atoms with van der Waals surface area (Å²) in [4.78, 5) is 0. The number of alkyl halides is 3. The Labute approximate surface area is 116 Å². The van der Waals surface area contributed by atoms with E-state index >= 15 is 0 Å². The molecule has 2 nitrogen and oxygen atoms in total. The first-order chi connectivity index (χ1) is 9.49. The number of rotatable bonds is 6. The molecule has 20 heavy (non-hydrogen) atoms. The third-order valence-electron chi connectivity index (χ3n) is 4.33. The Balaban J connectivity index is 1.57. The molecule has 0 bridgehead atoms. The molecule has 0 atom stereocenters. The van der Waals surface area contributed by atoms with Gasteiger partial charge < -0.3 is 10.1 Å². The second-order valence-electron chi connectivity index (χ2n) is 5.90. The third kappa shape index (κ3) is 3.26. The van der Waals surface area contributed by atoms with Gasteiger partial charge in [-0.3, -0.25) is 0 Å². The molecule has 2 saturated carbocycles. The summed E-state index contributed by atoms with van der Waals surface area (Å²) in [5.41, 5.74) is 0.997. The lowest BCUT2D eigenvalue weighted by Crippen LogP contribution is -2.26. The van der Waals surface area contributed by atoms with Crippen molar-refractivity contribution in [3.63, 3.8) is 0 Å². The number of ether oxygens (including phenoxy) is 1. The molecule has 5 heteroatoms. The minimum atomic E-state index is -4.64. The molecular weight excluding hydrogens is 267 g/mol. The highest BCUT2D eigenvalue weighted by Crippen LogP contribution is 2.60. The molecule has 1 aromatic rings. The highest BCUT2D eigenvalue weighted by molar-refractivity contribution is 5.33. The highest BCUT2D eigenvalue weighted by atomic mass is 19.4. The Hall–Kier alpha value is -1.23. The van der Waals surface area contributed by atoms with Gasteiger partial charge in [-0.1, -0.05) is 18.2 Å². The molecule has 0 aliphatic heterocycles. The first-order valence-corrected chi connectivity index (χ1v) is 7.03. The fourth-order valence-corrected chi connectivity index (χ4v) is 2.91. The van der Waals surface area contributed by atoms with Gasteiger partial charge in [0.25, 0.3) is 0 Å². The van der Waals surface area contributed by atoms with Crippen LogP contribution in [0.5, 0.6) is 5.75 Å². The maximum Gasteiger partial charge on any atom is 0.573 e. The molecule has 2 aliphatic carbocycles. The van der Waals surface area contributed by atoms with Gasteiger partial charge >= 0.3 is 6.36 Å². The zero-order valence-corrected chi connectivity index (χ0v) is 11.2. The zero-order valence-electron chi connectivity index (χ0n) is 11.2. The fraction of sp³-hybridized carbons (Fsp3) is 0.600.